The van der Waals surface area contributed by atoms with Crippen molar-refractivity contribution < 1.29 is 23.3 Å². The maximum Gasteiger partial charge on any atom is 0.281 e. The van der Waals surface area contributed by atoms with Crippen molar-refractivity contribution in [2.24, 2.45) is 0 Å². The van der Waals surface area contributed by atoms with Gasteiger partial charge in [0.15, 0.2) is 7.14 Å². The van der Waals surface area contributed by atoms with Crippen molar-refractivity contribution in [3.05, 3.63) is 138 Å². The minimum atomic E-state index is -3.07. The highest BCUT2D eigenvalue weighted by atomic mass is 79.9. The fourth-order valence-electron chi connectivity index (χ4n) is 3.84. The number of benzene rings is 5. The van der Waals surface area contributed by atoms with E-state index >= 15 is 0 Å². The van der Waals surface area contributed by atoms with Gasteiger partial charge in [-0.25, -0.2) is 0 Å². The minimum Gasteiger partial charge on any atom is -0.497 e. The van der Waals surface area contributed by atoms with Gasteiger partial charge >= 0.3 is 0 Å². The van der Waals surface area contributed by atoms with Gasteiger partial charge in [-0.15, -0.1) is 0 Å². The molecule has 0 aliphatic carbocycles. The van der Waals surface area contributed by atoms with Crippen molar-refractivity contribution in [1.29, 1.82) is 0 Å². The molecule has 0 unspecified atom stereocenters. The van der Waals surface area contributed by atoms with E-state index in [9.17, 15) is 9.13 Å². The predicted molar refractivity (Wildman–Crippen MR) is 185 cm³/mol. The molecule has 5 rings (SSSR count). The molecule has 0 atom stereocenters. The first kappa shape index (κ1) is 34.5. The summed E-state index contributed by atoms with van der Waals surface area (Å²) in [6.45, 7) is 0. The Bertz CT molecular complexity index is 1580. The van der Waals surface area contributed by atoms with Crippen molar-refractivity contribution >= 4 is 72.6 Å². The van der Waals surface area contributed by atoms with Gasteiger partial charge in [0.25, 0.3) is 5.85 Å². The zero-order valence-electron chi connectivity index (χ0n) is 23.8. The van der Waals surface area contributed by atoms with E-state index in [2.05, 4.69) is 15.9 Å². The maximum atomic E-state index is 14.1. The molecule has 0 aliphatic heterocycles. The summed E-state index contributed by atoms with van der Waals surface area (Å²) >= 11 is 14.1. The summed E-state index contributed by atoms with van der Waals surface area (Å²) in [5, 5.41) is 2.85. The summed E-state index contributed by atoms with van der Waals surface area (Å²) in [6, 6.07) is 40.7. The average Bonchev–Trinajstić information content (AvgIpc) is 3.06. The lowest BCUT2D eigenvalue weighted by Gasteiger charge is -2.20. The average molecular weight is 720 g/mol. The summed E-state index contributed by atoms with van der Waals surface area (Å²) in [5.74, 6) is -0.699. The Hall–Kier alpha value is -2.98. The second-order valence-electron chi connectivity index (χ2n) is 8.80. The number of hydrogen-bond donors (Lipinski definition) is 0. The molecule has 5 aromatic rings. The first-order chi connectivity index (χ1) is 20.6. The smallest absolute Gasteiger partial charge is 0.281 e. The van der Waals surface area contributed by atoms with E-state index in [-0.39, 0.29) is 0 Å². The lowest BCUT2D eigenvalue weighted by molar-refractivity contribution is 0.414. The molecule has 5 aromatic carbocycles. The van der Waals surface area contributed by atoms with Crippen LogP contribution in [-0.4, -0.2) is 21.3 Å². The summed E-state index contributed by atoms with van der Waals surface area (Å²) in [4.78, 5) is 0. The SMILES string of the molecule is COc1ccc(Br)cc1.COc1ccc(P(=O)(c2ccccc2)c2ccc(OC)cc2)cc1.O=P(Cl)(Cl)c1ccccc1. The van der Waals surface area contributed by atoms with E-state index in [1.807, 2.05) is 109 Å². The van der Waals surface area contributed by atoms with E-state index in [0.717, 1.165) is 37.6 Å². The Labute approximate surface area is 271 Å². The molecule has 10 heteroatoms. The van der Waals surface area contributed by atoms with Crippen LogP contribution in [0.2, 0.25) is 0 Å². The second-order valence-corrected chi connectivity index (χ2v) is 17.3. The van der Waals surface area contributed by atoms with Gasteiger partial charge in [0.05, 0.1) is 21.3 Å². The quantitative estimate of drug-likeness (QED) is 0.158. The van der Waals surface area contributed by atoms with Gasteiger partial charge in [-0.05, 0) is 107 Å². The van der Waals surface area contributed by atoms with Crippen LogP contribution in [0.25, 0.3) is 0 Å². The molecule has 0 saturated carbocycles. The lowest BCUT2D eigenvalue weighted by Crippen LogP contribution is -2.24. The van der Waals surface area contributed by atoms with Crippen LogP contribution in [0.15, 0.2) is 138 Å². The van der Waals surface area contributed by atoms with Crippen molar-refractivity contribution in [1.82, 2.24) is 0 Å². The third kappa shape index (κ3) is 10.0. The van der Waals surface area contributed by atoms with Crippen LogP contribution >= 0.6 is 51.4 Å². The van der Waals surface area contributed by atoms with E-state index in [1.165, 1.54) is 0 Å². The van der Waals surface area contributed by atoms with Crippen LogP contribution in [0.4, 0.5) is 0 Å². The highest BCUT2D eigenvalue weighted by Gasteiger charge is 2.29. The molecule has 0 N–H and O–H groups in total. The molecular formula is C33H31BrCl2O5P2. The Kier molecular flexibility index (Phi) is 13.4. The topological polar surface area (TPSA) is 61.8 Å². The summed E-state index contributed by atoms with van der Waals surface area (Å²) < 4.78 is 41.5. The van der Waals surface area contributed by atoms with Gasteiger partial charge in [0, 0.05) is 25.7 Å². The highest BCUT2D eigenvalue weighted by molar-refractivity contribution is 9.10. The molecule has 5 nitrogen and oxygen atoms in total. The van der Waals surface area contributed by atoms with E-state index in [1.54, 1.807) is 45.6 Å². The standard InChI is InChI=1S/C20H19O3P.C7H7BrO.C6H5Cl2OP/c1-22-16-8-12-19(13-9-16)24(21,18-6-4-3-5-7-18)20-14-10-17(23-2)11-15-20;1-9-7-4-2-6(8)3-5-7;7-10(8,9)6-4-2-1-3-5-6/h3-15H,1-2H3;2-5H,1H3;1-5H. The molecular weight excluding hydrogens is 689 g/mol. The van der Waals surface area contributed by atoms with Crippen molar-refractivity contribution in [2.45, 2.75) is 0 Å². The first-order valence-corrected chi connectivity index (χ1v) is 18.9. The molecule has 43 heavy (non-hydrogen) atoms. The molecule has 224 valence electrons. The van der Waals surface area contributed by atoms with E-state index in [4.69, 9.17) is 36.7 Å². The molecule has 0 bridgehead atoms. The van der Waals surface area contributed by atoms with E-state index in [0.29, 0.717) is 5.30 Å². The molecule has 0 aromatic heterocycles. The van der Waals surface area contributed by atoms with Gasteiger partial charge < -0.3 is 18.8 Å². The van der Waals surface area contributed by atoms with Crippen molar-refractivity contribution in [2.75, 3.05) is 21.3 Å². The third-order valence-electron chi connectivity index (χ3n) is 6.10. The molecule has 0 heterocycles. The maximum absolute atomic E-state index is 14.1. The van der Waals surface area contributed by atoms with Crippen LogP contribution < -0.4 is 35.4 Å². The Balaban J connectivity index is 0.000000218. The lowest BCUT2D eigenvalue weighted by atomic mass is 10.3. The summed E-state index contributed by atoms with van der Waals surface area (Å²) in [7, 11) is 1.95. The Morgan fingerprint density at radius 2 is 0.767 bits per heavy atom. The first-order valence-electron chi connectivity index (χ1n) is 12.9. The minimum absolute atomic E-state index is 0.485. The van der Waals surface area contributed by atoms with Gasteiger partial charge in [0.2, 0.25) is 0 Å². The number of methoxy groups -OCH3 is 3. The van der Waals surface area contributed by atoms with E-state index < -0.39 is 13.0 Å². The Morgan fingerprint density at radius 1 is 0.465 bits per heavy atom. The van der Waals surface area contributed by atoms with Crippen LogP contribution in [0.3, 0.4) is 0 Å². The third-order valence-corrected chi connectivity index (χ3v) is 11.8. The largest absolute Gasteiger partial charge is 0.497 e. The second kappa shape index (κ2) is 16.8. The predicted octanol–water partition coefficient (Wildman–Crippen LogP) is 8.78. The van der Waals surface area contributed by atoms with Crippen LogP contribution in [-0.2, 0) is 9.13 Å². The van der Waals surface area contributed by atoms with Crippen LogP contribution in [0, 0.1) is 0 Å². The zero-order chi connectivity index (χ0) is 31.3. The number of rotatable bonds is 7. The molecule has 0 spiro atoms. The molecule has 0 amide bonds. The van der Waals surface area contributed by atoms with Crippen molar-refractivity contribution in [3.8, 4) is 17.2 Å². The highest BCUT2D eigenvalue weighted by Crippen LogP contribution is 2.55. The molecule has 0 fully saturated rings. The van der Waals surface area contributed by atoms with Crippen molar-refractivity contribution in [3.63, 3.8) is 0 Å². The monoisotopic (exact) mass is 718 g/mol. The van der Waals surface area contributed by atoms with Crippen LogP contribution in [0.1, 0.15) is 0 Å². The fourth-order valence-corrected chi connectivity index (χ4v) is 7.93. The van der Waals surface area contributed by atoms with Gasteiger partial charge in [-0.1, -0.05) is 64.5 Å². The Morgan fingerprint density at radius 3 is 1.07 bits per heavy atom. The normalized spacial score (nSPS) is 10.7. The van der Waals surface area contributed by atoms with Crippen LogP contribution in [0.5, 0.6) is 17.2 Å². The molecule has 0 aliphatic rings. The zero-order valence-corrected chi connectivity index (χ0v) is 28.7. The van der Waals surface area contributed by atoms with Gasteiger partial charge in [-0.3, -0.25) is 4.57 Å². The summed E-state index contributed by atoms with van der Waals surface area (Å²) in [6.07, 6.45) is 0. The fraction of sp³-hybridized carbons (Fsp3) is 0.0909. The van der Waals surface area contributed by atoms with Gasteiger partial charge in [-0.2, -0.15) is 0 Å². The number of ether oxygens (including phenoxy) is 3. The number of halogens is 3. The van der Waals surface area contributed by atoms with Gasteiger partial charge in [0.1, 0.15) is 17.2 Å². The molecule has 0 saturated heterocycles. The number of hydrogen-bond acceptors (Lipinski definition) is 5. The molecule has 0 radical (unpaired) electrons. The summed E-state index contributed by atoms with van der Waals surface area (Å²) in [5.41, 5.74) is 0.